The molecule has 27 heavy (non-hydrogen) atoms. The van der Waals surface area contributed by atoms with Gasteiger partial charge in [-0.2, -0.15) is 0 Å². The Morgan fingerprint density at radius 2 is 1.52 bits per heavy atom. The Bertz CT molecular complexity index is 723. The number of aromatic nitrogens is 1. The molecule has 0 aliphatic carbocycles. The quantitative estimate of drug-likeness (QED) is 0.249. The molecule has 1 aromatic carbocycles. The minimum atomic E-state index is -1.99. The van der Waals surface area contributed by atoms with Crippen molar-refractivity contribution >= 4 is 30.0 Å². The van der Waals surface area contributed by atoms with Gasteiger partial charge in [-0.15, -0.1) is 0 Å². The summed E-state index contributed by atoms with van der Waals surface area (Å²) in [6.45, 7) is 13.6. The normalized spacial score (nSPS) is 13.3. The number of Topliss-reactive ketones (excluding diaryl/α,β-unsaturated/α-hetero) is 1. The summed E-state index contributed by atoms with van der Waals surface area (Å²) < 4.78 is 6.67. The molecule has 1 atom stereocenters. The zero-order valence-corrected chi connectivity index (χ0v) is 19.7. The van der Waals surface area contributed by atoms with Gasteiger partial charge in [0, 0.05) is 18.0 Å². The van der Waals surface area contributed by atoms with Gasteiger partial charge in [0.25, 0.3) is 8.32 Å². The maximum atomic E-state index is 12.8. The second-order valence-corrected chi connectivity index (χ2v) is 14.2. The van der Waals surface area contributed by atoms with Gasteiger partial charge in [0.1, 0.15) is 10.6 Å². The largest absolute Gasteiger partial charge is 0.543 e. The van der Waals surface area contributed by atoms with Crippen LogP contribution >= 0.6 is 15.9 Å². The second kappa shape index (κ2) is 9.15. The van der Waals surface area contributed by atoms with E-state index in [9.17, 15) is 4.79 Å². The lowest BCUT2D eigenvalue weighted by molar-refractivity contribution is 0.0991. The molecule has 0 saturated heterocycles. The van der Waals surface area contributed by atoms with E-state index in [1.165, 1.54) is 0 Å². The van der Waals surface area contributed by atoms with Crippen LogP contribution in [0.15, 0.2) is 48.8 Å². The molecule has 2 rings (SSSR count). The summed E-state index contributed by atoms with van der Waals surface area (Å²) in [5.74, 6) is 0.886. The number of hydrogen-bond acceptors (Lipinski definition) is 3. The number of halogens is 1. The van der Waals surface area contributed by atoms with Crippen molar-refractivity contribution in [3.8, 4) is 5.75 Å². The molecule has 1 aromatic heterocycles. The lowest BCUT2D eigenvalue weighted by Gasteiger charge is -2.42. The first-order chi connectivity index (χ1) is 12.7. The molecule has 2 aromatic rings. The van der Waals surface area contributed by atoms with Crippen molar-refractivity contribution in [3.05, 3.63) is 59.9 Å². The van der Waals surface area contributed by atoms with Crippen LogP contribution in [0.5, 0.6) is 5.75 Å². The summed E-state index contributed by atoms with van der Waals surface area (Å²) in [5, 5.41) is 0. The van der Waals surface area contributed by atoms with Crippen LogP contribution in [0.1, 0.15) is 62.3 Å². The van der Waals surface area contributed by atoms with Gasteiger partial charge in [-0.1, -0.05) is 63.5 Å². The number of ketones is 1. The zero-order chi connectivity index (χ0) is 20.2. The van der Waals surface area contributed by atoms with Gasteiger partial charge < -0.3 is 4.43 Å². The average molecular weight is 448 g/mol. The number of alkyl halides is 1. The van der Waals surface area contributed by atoms with E-state index in [-0.39, 0.29) is 5.78 Å². The van der Waals surface area contributed by atoms with Crippen LogP contribution in [0.4, 0.5) is 0 Å². The van der Waals surface area contributed by atoms with E-state index >= 15 is 0 Å². The Kier molecular flexibility index (Phi) is 7.40. The molecule has 0 bridgehead atoms. The van der Waals surface area contributed by atoms with E-state index in [1.807, 2.05) is 36.4 Å². The van der Waals surface area contributed by atoms with Gasteiger partial charge >= 0.3 is 0 Å². The predicted octanol–water partition coefficient (Wildman–Crippen LogP) is 6.95. The van der Waals surface area contributed by atoms with Crippen molar-refractivity contribution in [2.45, 2.75) is 63.0 Å². The minimum Gasteiger partial charge on any atom is -0.543 e. The van der Waals surface area contributed by atoms with E-state index < -0.39 is 13.1 Å². The van der Waals surface area contributed by atoms with E-state index in [4.69, 9.17) is 4.43 Å². The smallest absolute Gasteiger partial charge is 0.258 e. The summed E-state index contributed by atoms with van der Waals surface area (Å²) >= 11 is 3.50. The summed E-state index contributed by atoms with van der Waals surface area (Å²) in [7, 11) is -1.99. The third-order valence-electron chi connectivity index (χ3n) is 5.35. The first kappa shape index (κ1) is 21.8. The SMILES string of the molecule is CC(C)[Si](Oc1ccc(C(=O)C(Br)c2cccnc2)cc1)(C(C)C)C(C)C. The van der Waals surface area contributed by atoms with E-state index in [2.05, 4.69) is 62.5 Å². The van der Waals surface area contributed by atoms with Crippen LogP contribution in [-0.4, -0.2) is 19.1 Å². The molecular formula is C22H30BrNO2Si. The Hall–Kier alpha value is -1.46. The molecule has 1 unspecified atom stereocenters. The third kappa shape index (κ3) is 4.69. The summed E-state index contributed by atoms with van der Waals surface area (Å²) in [4.78, 5) is 16.5. The van der Waals surface area contributed by atoms with Gasteiger partial charge in [-0.25, -0.2) is 0 Å². The number of rotatable bonds is 8. The van der Waals surface area contributed by atoms with Crippen molar-refractivity contribution in [3.63, 3.8) is 0 Å². The fourth-order valence-corrected chi connectivity index (χ4v) is 9.86. The molecule has 0 N–H and O–H groups in total. The first-order valence-electron chi connectivity index (χ1n) is 9.57. The maximum absolute atomic E-state index is 12.8. The van der Waals surface area contributed by atoms with Crippen LogP contribution in [-0.2, 0) is 0 Å². The summed E-state index contributed by atoms with van der Waals surface area (Å²) in [6.07, 6.45) is 3.41. The Morgan fingerprint density at radius 1 is 0.963 bits per heavy atom. The topological polar surface area (TPSA) is 39.2 Å². The second-order valence-electron chi connectivity index (χ2n) is 7.96. The molecule has 1 heterocycles. The van der Waals surface area contributed by atoms with E-state index in [1.54, 1.807) is 12.4 Å². The number of hydrogen-bond donors (Lipinski definition) is 0. The fourth-order valence-electron chi connectivity index (χ4n) is 4.07. The van der Waals surface area contributed by atoms with Crippen LogP contribution in [0.3, 0.4) is 0 Å². The Balaban J connectivity index is 2.22. The molecule has 0 amide bonds. The van der Waals surface area contributed by atoms with Crippen LogP contribution in [0.25, 0.3) is 0 Å². The molecule has 146 valence electrons. The standard InChI is InChI=1S/C22H30BrNO2Si/c1-15(2)27(16(3)4,17(5)6)26-20-11-9-18(10-12-20)22(25)21(23)19-8-7-13-24-14-19/h7-17,21H,1-6H3. The summed E-state index contributed by atoms with van der Waals surface area (Å²) in [6, 6.07) is 11.3. The van der Waals surface area contributed by atoms with Crippen LogP contribution in [0.2, 0.25) is 16.6 Å². The Labute approximate surface area is 172 Å². The molecule has 0 aliphatic heterocycles. The highest BCUT2D eigenvalue weighted by Crippen LogP contribution is 2.42. The fraction of sp³-hybridized carbons (Fsp3) is 0.455. The molecule has 0 spiro atoms. The van der Waals surface area contributed by atoms with Crippen LogP contribution < -0.4 is 4.43 Å². The number of carbonyl (C=O) groups excluding carboxylic acids is 1. The van der Waals surface area contributed by atoms with E-state index in [0.717, 1.165) is 11.3 Å². The molecule has 0 fully saturated rings. The van der Waals surface area contributed by atoms with Crippen molar-refractivity contribution in [2.24, 2.45) is 0 Å². The van der Waals surface area contributed by atoms with Crippen molar-refractivity contribution in [1.29, 1.82) is 0 Å². The van der Waals surface area contributed by atoms with E-state index in [0.29, 0.717) is 22.2 Å². The van der Waals surface area contributed by atoms with Gasteiger partial charge in [-0.05, 0) is 52.5 Å². The number of pyridine rings is 1. The molecule has 0 aliphatic rings. The van der Waals surface area contributed by atoms with Crippen molar-refractivity contribution < 1.29 is 9.22 Å². The minimum absolute atomic E-state index is 0.0228. The number of carbonyl (C=O) groups is 1. The number of benzene rings is 1. The van der Waals surface area contributed by atoms with Crippen molar-refractivity contribution in [2.75, 3.05) is 0 Å². The highest BCUT2D eigenvalue weighted by atomic mass is 79.9. The Morgan fingerprint density at radius 3 is 1.96 bits per heavy atom. The average Bonchev–Trinajstić information content (AvgIpc) is 2.65. The zero-order valence-electron chi connectivity index (χ0n) is 17.1. The highest BCUT2D eigenvalue weighted by Gasteiger charge is 2.46. The molecular weight excluding hydrogens is 418 g/mol. The molecule has 0 saturated carbocycles. The third-order valence-corrected chi connectivity index (χ3v) is 12.3. The number of nitrogens with zero attached hydrogens (tertiary/aromatic N) is 1. The molecule has 3 nitrogen and oxygen atoms in total. The van der Waals surface area contributed by atoms with Gasteiger partial charge in [0.2, 0.25) is 0 Å². The lowest BCUT2D eigenvalue weighted by atomic mass is 10.0. The monoisotopic (exact) mass is 447 g/mol. The van der Waals surface area contributed by atoms with Gasteiger partial charge in [0.05, 0.1) is 0 Å². The highest BCUT2D eigenvalue weighted by molar-refractivity contribution is 9.09. The first-order valence-corrected chi connectivity index (χ1v) is 12.6. The van der Waals surface area contributed by atoms with Gasteiger partial charge in [0.15, 0.2) is 5.78 Å². The predicted molar refractivity (Wildman–Crippen MR) is 118 cm³/mol. The van der Waals surface area contributed by atoms with Crippen LogP contribution in [0, 0.1) is 0 Å². The lowest BCUT2D eigenvalue weighted by Crippen LogP contribution is -2.50. The summed E-state index contributed by atoms with van der Waals surface area (Å²) in [5.41, 5.74) is 3.05. The van der Waals surface area contributed by atoms with Crippen molar-refractivity contribution in [1.82, 2.24) is 4.98 Å². The maximum Gasteiger partial charge on any atom is 0.258 e. The van der Waals surface area contributed by atoms with Gasteiger partial charge in [-0.3, -0.25) is 9.78 Å². The molecule has 0 radical (unpaired) electrons. The molecule has 5 heteroatoms.